The van der Waals surface area contributed by atoms with Crippen molar-refractivity contribution < 1.29 is 9.32 Å². The zero-order chi connectivity index (χ0) is 15.6. The molecule has 1 aromatic rings. The lowest BCUT2D eigenvalue weighted by Gasteiger charge is -2.31. The van der Waals surface area contributed by atoms with Crippen LogP contribution in [0.2, 0.25) is 0 Å². The zero-order valence-electron chi connectivity index (χ0n) is 13.4. The first-order valence-electron chi connectivity index (χ1n) is 8.53. The standard InChI is InChI=1S/C16H26N4O2/c1-2-6-13(21)20-10-5-7-12(11-20)14-18-15(19-22-14)16(17)8-3-4-9-16/h12H,2-11,17H2,1H3. The molecule has 1 aliphatic carbocycles. The van der Waals surface area contributed by atoms with E-state index in [-0.39, 0.29) is 11.8 Å². The highest BCUT2D eigenvalue weighted by Crippen LogP contribution is 2.35. The van der Waals surface area contributed by atoms with Gasteiger partial charge in [0.25, 0.3) is 0 Å². The maximum atomic E-state index is 12.1. The maximum Gasteiger partial charge on any atom is 0.231 e. The molecule has 1 amide bonds. The molecule has 0 aromatic carbocycles. The molecule has 2 heterocycles. The van der Waals surface area contributed by atoms with Crippen LogP contribution in [0.15, 0.2) is 4.52 Å². The quantitative estimate of drug-likeness (QED) is 0.922. The van der Waals surface area contributed by atoms with Crippen molar-refractivity contribution in [3.8, 4) is 0 Å². The Hall–Kier alpha value is -1.43. The van der Waals surface area contributed by atoms with Crippen molar-refractivity contribution in [1.29, 1.82) is 0 Å². The highest BCUT2D eigenvalue weighted by atomic mass is 16.5. The summed E-state index contributed by atoms with van der Waals surface area (Å²) in [5, 5.41) is 4.14. The average Bonchev–Trinajstić information content (AvgIpc) is 3.17. The van der Waals surface area contributed by atoms with Crippen LogP contribution in [-0.2, 0) is 10.3 Å². The van der Waals surface area contributed by atoms with Crippen LogP contribution in [0.1, 0.15) is 75.9 Å². The molecule has 1 atom stereocenters. The largest absolute Gasteiger partial charge is 0.342 e. The van der Waals surface area contributed by atoms with E-state index < -0.39 is 5.54 Å². The van der Waals surface area contributed by atoms with E-state index in [1.807, 2.05) is 11.8 Å². The third-order valence-electron chi connectivity index (χ3n) is 4.97. The molecular weight excluding hydrogens is 280 g/mol. The first-order valence-corrected chi connectivity index (χ1v) is 8.53. The molecule has 1 aromatic heterocycles. The minimum atomic E-state index is -0.409. The minimum Gasteiger partial charge on any atom is -0.342 e. The van der Waals surface area contributed by atoms with Gasteiger partial charge in [-0.15, -0.1) is 0 Å². The van der Waals surface area contributed by atoms with Gasteiger partial charge in [0.15, 0.2) is 5.82 Å². The molecule has 6 heteroatoms. The lowest BCUT2D eigenvalue weighted by atomic mass is 9.96. The average molecular weight is 306 g/mol. The van der Waals surface area contributed by atoms with E-state index in [2.05, 4.69) is 10.1 Å². The van der Waals surface area contributed by atoms with Crippen LogP contribution in [-0.4, -0.2) is 34.0 Å². The van der Waals surface area contributed by atoms with Gasteiger partial charge in [0, 0.05) is 19.5 Å². The van der Waals surface area contributed by atoms with Crippen molar-refractivity contribution in [2.24, 2.45) is 5.73 Å². The van der Waals surface area contributed by atoms with Gasteiger partial charge in [-0.3, -0.25) is 4.79 Å². The van der Waals surface area contributed by atoms with Gasteiger partial charge in [-0.25, -0.2) is 0 Å². The van der Waals surface area contributed by atoms with E-state index in [0.29, 0.717) is 24.7 Å². The van der Waals surface area contributed by atoms with E-state index in [9.17, 15) is 4.79 Å². The Bertz CT molecular complexity index is 522. The van der Waals surface area contributed by atoms with E-state index in [1.165, 1.54) is 0 Å². The Morgan fingerprint density at radius 1 is 1.41 bits per heavy atom. The van der Waals surface area contributed by atoms with Crippen LogP contribution in [0, 0.1) is 0 Å². The number of likely N-dealkylation sites (tertiary alicyclic amines) is 1. The van der Waals surface area contributed by atoms with E-state index in [0.717, 1.165) is 51.5 Å². The summed E-state index contributed by atoms with van der Waals surface area (Å²) < 4.78 is 5.49. The molecule has 1 saturated heterocycles. The molecule has 6 nitrogen and oxygen atoms in total. The van der Waals surface area contributed by atoms with Gasteiger partial charge in [-0.05, 0) is 32.1 Å². The summed E-state index contributed by atoms with van der Waals surface area (Å²) in [6.07, 6.45) is 7.61. The molecule has 0 spiro atoms. The number of piperidine rings is 1. The number of nitrogens with zero attached hydrogens (tertiary/aromatic N) is 3. The molecule has 1 aliphatic heterocycles. The molecule has 3 rings (SSSR count). The maximum absolute atomic E-state index is 12.1. The summed E-state index contributed by atoms with van der Waals surface area (Å²) in [5.41, 5.74) is 5.98. The van der Waals surface area contributed by atoms with E-state index >= 15 is 0 Å². The van der Waals surface area contributed by atoms with Crippen LogP contribution in [0.25, 0.3) is 0 Å². The van der Waals surface area contributed by atoms with Gasteiger partial charge in [-0.2, -0.15) is 4.98 Å². The SMILES string of the molecule is CCCC(=O)N1CCCC(c2nc(C3(N)CCCC3)no2)C1. The number of carbonyl (C=O) groups is 1. The monoisotopic (exact) mass is 306 g/mol. The summed E-state index contributed by atoms with van der Waals surface area (Å²) in [5.74, 6) is 1.69. The first kappa shape index (κ1) is 15.5. The number of nitrogens with two attached hydrogens (primary N) is 1. The molecule has 2 fully saturated rings. The molecular formula is C16H26N4O2. The van der Waals surface area contributed by atoms with Gasteiger partial charge in [-0.1, -0.05) is 24.9 Å². The minimum absolute atomic E-state index is 0.154. The zero-order valence-corrected chi connectivity index (χ0v) is 13.4. The van der Waals surface area contributed by atoms with E-state index in [1.54, 1.807) is 0 Å². The Labute approximate surface area is 131 Å². The van der Waals surface area contributed by atoms with Crippen LogP contribution < -0.4 is 5.73 Å². The summed E-state index contributed by atoms with van der Waals surface area (Å²) in [6.45, 7) is 3.57. The van der Waals surface area contributed by atoms with Crippen molar-refractivity contribution in [3.05, 3.63) is 11.7 Å². The predicted molar refractivity (Wildman–Crippen MR) is 82.1 cm³/mol. The lowest BCUT2D eigenvalue weighted by Crippen LogP contribution is -2.39. The van der Waals surface area contributed by atoms with Crippen LogP contribution >= 0.6 is 0 Å². The summed E-state index contributed by atoms with van der Waals surface area (Å²) in [6, 6.07) is 0. The first-order chi connectivity index (χ1) is 10.6. The Morgan fingerprint density at radius 3 is 2.91 bits per heavy atom. The van der Waals surface area contributed by atoms with Crippen LogP contribution in [0.3, 0.4) is 0 Å². The number of hydrogen-bond donors (Lipinski definition) is 1. The highest BCUT2D eigenvalue weighted by molar-refractivity contribution is 5.76. The van der Waals surface area contributed by atoms with Gasteiger partial charge >= 0.3 is 0 Å². The van der Waals surface area contributed by atoms with Crippen LogP contribution in [0.4, 0.5) is 0 Å². The van der Waals surface area contributed by atoms with Crippen molar-refractivity contribution in [2.75, 3.05) is 13.1 Å². The molecule has 2 N–H and O–H groups in total. The smallest absolute Gasteiger partial charge is 0.231 e. The predicted octanol–water partition coefficient (Wildman–Crippen LogP) is 2.30. The fourth-order valence-corrected chi connectivity index (χ4v) is 3.61. The molecule has 22 heavy (non-hydrogen) atoms. The lowest BCUT2D eigenvalue weighted by molar-refractivity contribution is -0.132. The van der Waals surface area contributed by atoms with Crippen LogP contribution in [0.5, 0.6) is 0 Å². The number of rotatable bonds is 4. The molecule has 0 radical (unpaired) electrons. The Morgan fingerprint density at radius 2 is 2.18 bits per heavy atom. The highest BCUT2D eigenvalue weighted by Gasteiger charge is 2.37. The summed E-state index contributed by atoms with van der Waals surface area (Å²) >= 11 is 0. The van der Waals surface area contributed by atoms with Crippen molar-refractivity contribution >= 4 is 5.91 Å². The fraction of sp³-hybridized carbons (Fsp3) is 0.812. The molecule has 122 valence electrons. The summed E-state index contributed by atoms with van der Waals surface area (Å²) in [4.78, 5) is 18.6. The van der Waals surface area contributed by atoms with Gasteiger partial charge in [0.1, 0.15) is 0 Å². The second kappa shape index (κ2) is 6.36. The van der Waals surface area contributed by atoms with Crippen molar-refractivity contribution in [2.45, 2.75) is 69.7 Å². The fourth-order valence-electron chi connectivity index (χ4n) is 3.61. The number of amides is 1. The Kier molecular flexibility index (Phi) is 4.47. The van der Waals surface area contributed by atoms with Gasteiger partial charge in [0.05, 0.1) is 11.5 Å². The second-order valence-corrected chi connectivity index (χ2v) is 6.75. The van der Waals surface area contributed by atoms with E-state index in [4.69, 9.17) is 10.3 Å². The van der Waals surface area contributed by atoms with Gasteiger partial charge in [0.2, 0.25) is 11.8 Å². The Balaban J connectivity index is 1.69. The topological polar surface area (TPSA) is 85.2 Å². The van der Waals surface area contributed by atoms with Gasteiger partial charge < -0.3 is 15.2 Å². The third kappa shape index (κ3) is 3.02. The van der Waals surface area contributed by atoms with Crippen molar-refractivity contribution in [1.82, 2.24) is 15.0 Å². The molecule has 1 unspecified atom stereocenters. The molecule has 1 saturated carbocycles. The molecule has 2 aliphatic rings. The van der Waals surface area contributed by atoms with Crippen molar-refractivity contribution in [3.63, 3.8) is 0 Å². The number of aromatic nitrogens is 2. The number of carbonyl (C=O) groups excluding carboxylic acids is 1. The third-order valence-corrected chi connectivity index (χ3v) is 4.97. The number of hydrogen-bond acceptors (Lipinski definition) is 5. The normalized spacial score (nSPS) is 24.6. The molecule has 0 bridgehead atoms. The summed E-state index contributed by atoms with van der Waals surface area (Å²) in [7, 11) is 0. The second-order valence-electron chi connectivity index (χ2n) is 6.75.